The highest BCUT2D eigenvalue weighted by Crippen LogP contribution is 2.17. The van der Waals surface area contributed by atoms with Crippen LogP contribution in [0.25, 0.3) is 0 Å². The van der Waals surface area contributed by atoms with E-state index in [4.69, 9.17) is 9.47 Å². The van der Waals surface area contributed by atoms with E-state index in [1.165, 1.54) is 0 Å². The molecular formula is C15H18N2O4S. The predicted octanol–water partition coefficient (Wildman–Crippen LogP) is 2.22. The van der Waals surface area contributed by atoms with E-state index in [0.29, 0.717) is 17.3 Å². The summed E-state index contributed by atoms with van der Waals surface area (Å²) < 4.78 is 36.9. The average molecular weight is 322 g/mol. The molecule has 0 saturated heterocycles. The summed E-state index contributed by atoms with van der Waals surface area (Å²) in [5.41, 5.74) is 0.766. The minimum atomic E-state index is -3.50. The molecule has 6 nitrogen and oxygen atoms in total. The molecule has 0 radical (unpaired) electrons. The fourth-order valence-electron chi connectivity index (χ4n) is 1.73. The van der Waals surface area contributed by atoms with Crippen molar-refractivity contribution in [3.8, 4) is 11.5 Å². The van der Waals surface area contributed by atoms with Crippen molar-refractivity contribution in [2.75, 3.05) is 24.2 Å². The summed E-state index contributed by atoms with van der Waals surface area (Å²) in [6, 6.07) is 10.5. The summed E-state index contributed by atoms with van der Waals surface area (Å²) in [6.07, 6.45) is 1.54. The molecule has 7 heteroatoms. The Morgan fingerprint density at radius 2 is 1.82 bits per heavy atom. The molecule has 2 rings (SSSR count). The maximum Gasteiger partial charge on any atom is 0.237 e. The second-order valence-corrected chi connectivity index (χ2v) is 6.46. The first-order valence-electron chi connectivity index (χ1n) is 6.69. The largest absolute Gasteiger partial charge is 0.497 e. The van der Waals surface area contributed by atoms with Crippen LogP contribution in [-0.4, -0.2) is 32.9 Å². The van der Waals surface area contributed by atoms with Gasteiger partial charge in [-0.2, -0.15) is 0 Å². The van der Waals surface area contributed by atoms with Crippen LogP contribution in [0.4, 0.5) is 5.82 Å². The van der Waals surface area contributed by atoms with Crippen molar-refractivity contribution in [2.24, 2.45) is 0 Å². The van der Waals surface area contributed by atoms with Crippen molar-refractivity contribution in [1.82, 2.24) is 4.98 Å². The van der Waals surface area contributed by atoms with E-state index in [-0.39, 0.29) is 12.4 Å². The highest BCUT2D eigenvalue weighted by atomic mass is 32.2. The number of hydrogen-bond acceptors (Lipinski definition) is 5. The van der Waals surface area contributed by atoms with E-state index in [2.05, 4.69) is 9.71 Å². The Morgan fingerprint density at radius 1 is 1.14 bits per heavy atom. The number of nitrogens with zero attached hydrogens (tertiary/aromatic N) is 1. The van der Waals surface area contributed by atoms with Gasteiger partial charge in [0.1, 0.15) is 29.7 Å². The van der Waals surface area contributed by atoms with E-state index >= 15 is 0 Å². The maximum absolute atomic E-state index is 12.0. The number of ether oxygens (including phenoxy) is 2. The number of aryl methyl sites for hydroxylation is 1. The standard InChI is InChI=1S/C15H18N2O4S/c1-12-4-3-9-16-15(12)17-22(18,19)11-10-21-14-7-5-13(20-2)6-8-14/h3-9H,10-11H2,1-2H3,(H,16,17). The molecule has 0 atom stereocenters. The first-order valence-corrected chi connectivity index (χ1v) is 8.34. The van der Waals surface area contributed by atoms with Gasteiger partial charge in [0, 0.05) is 6.20 Å². The molecule has 0 unspecified atom stereocenters. The van der Waals surface area contributed by atoms with Gasteiger partial charge in [-0.05, 0) is 42.8 Å². The van der Waals surface area contributed by atoms with Crippen molar-refractivity contribution >= 4 is 15.8 Å². The van der Waals surface area contributed by atoms with Crippen LogP contribution < -0.4 is 14.2 Å². The maximum atomic E-state index is 12.0. The highest BCUT2D eigenvalue weighted by Gasteiger charge is 2.12. The second-order valence-electron chi connectivity index (χ2n) is 4.61. The van der Waals surface area contributed by atoms with Gasteiger partial charge < -0.3 is 9.47 Å². The number of anilines is 1. The summed E-state index contributed by atoms with van der Waals surface area (Å²) in [6.45, 7) is 1.84. The summed E-state index contributed by atoms with van der Waals surface area (Å²) >= 11 is 0. The third kappa shape index (κ3) is 4.63. The van der Waals surface area contributed by atoms with Gasteiger partial charge in [-0.3, -0.25) is 4.72 Å². The molecule has 0 spiro atoms. The van der Waals surface area contributed by atoms with Crippen LogP contribution in [0.15, 0.2) is 42.6 Å². The van der Waals surface area contributed by atoms with Gasteiger partial charge in [0.05, 0.1) is 7.11 Å². The molecule has 22 heavy (non-hydrogen) atoms. The lowest BCUT2D eigenvalue weighted by Gasteiger charge is -2.10. The van der Waals surface area contributed by atoms with Crippen LogP contribution in [0, 0.1) is 6.92 Å². The summed E-state index contributed by atoms with van der Waals surface area (Å²) in [4.78, 5) is 4.00. The first kappa shape index (κ1) is 16.1. The van der Waals surface area contributed by atoms with Crippen molar-refractivity contribution in [3.05, 3.63) is 48.2 Å². The van der Waals surface area contributed by atoms with Gasteiger partial charge in [-0.15, -0.1) is 0 Å². The topological polar surface area (TPSA) is 77.5 Å². The van der Waals surface area contributed by atoms with Crippen LogP contribution in [-0.2, 0) is 10.0 Å². The molecular weight excluding hydrogens is 304 g/mol. The molecule has 1 heterocycles. The summed E-state index contributed by atoms with van der Waals surface area (Å²) in [5, 5.41) is 0. The quantitative estimate of drug-likeness (QED) is 0.846. The number of nitrogens with one attached hydrogen (secondary N) is 1. The fourth-order valence-corrected chi connectivity index (χ4v) is 2.65. The van der Waals surface area contributed by atoms with Crippen molar-refractivity contribution in [2.45, 2.75) is 6.92 Å². The molecule has 2 aromatic rings. The van der Waals surface area contributed by atoms with Gasteiger partial charge in [-0.1, -0.05) is 6.07 Å². The van der Waals surface area contributed by atoms with Crippen LogP contribution in [0.5, 0.6) is 11.5 Å². The van der Waals surface area contributed by atoms with Crippen LogP contribution >= 0.6 is 0 Å². The predicted molar refractivity (Wildman–Crippen MR) is 84.9 cm³/mol. The number of methoxy groups -OCH3 is 1. The van der Waals surface area contributed by atoms with Crippen molar-refractivity contribution in [1.29, 1.82) is 0 Å². The van der Waals surface area contributed by atoms with Gasteiger partial charge in [0.25, 0.3) is 0 Å². The third-order valence-corrected chi connectivity index (χ3v) is 4.15. The molecule has 1 aromatic carbocycles. The van der Waals surface area contributed by atoms with E-state index in [1.54, 1.807) is 56.6 Å². The number of rotatable bonds is 7. The Bertz CT molecular complexity index is 715. The number of hydrogen-bond donors (Lipinski definition) is 1. The second kappa shape index (κ2) is 7.13. The van der Waals surface area contributed by atoms with Gasteiger partial charge in [0.15, 0.2) is 0 Å². The normalized spacial score (nSPS) is 11.0. The molecule has 118 valence electrons. The first-order chi connectivity index (χ1) is 10.5. The van der Waals surface area contributed by atoms with Crippen molar-refractivity contribution in [3.63, 3.8) is 0 Å². The third-order valence-electron chi connectivity index (χ3n) is 2.94. The summed E-state index contributed by atoms with van der Waals surface area (Å²) in [5.74, 6) is 1.49. The zero-order chi connectivity index (χ0) is 16.0. The molecule has 0 bridgehead atoms. The number of pyridine rings is 1. The van der Waals surface area contributed by atoms with Gasteiger partial charge >= 0.3 is 0 Å². The van der Waals surface area contributed by atoms with Crippen LogP contribution in [0.1, 0.15) is 5.56 Å². The van der Waals surface area contributed by atoms with E-state index in [9.17, 15) is 8.42 Å². The Kier molecular flexibility index (Phi) is 5.21. The average Bonchev–Trinajstić information content (AvgIpc) is 2.50. The van der Waals surface area contributed by atoms with Crippen LogP contribution in [0.2, 0.25) is 0 Å². The number of sulfonamides is 1. The fraction of sp³-hybridized carbons (Fsp3) is 0.267. The van der Waals surface area contributed by atoms with Crippen LogP contribution in [0.3, 0.4) is 0 Å². The highest BCUT2D eigenvalue weighted by molar-refractivity contribution is 7.92. The molecule has 0 saturated carbocycles. The zero-order valence-corrected chi connectivity index (χ0v) is 13.3. The Balaban J connectivity index is 1.88. The molecule has 0 amide bonds. The molecule has 0 aliphatic heterocycles. The minimum absolute atomic E-state index is 0.0492. The molecule has 0 fully saturated rings. The SMILES string of the molecule is COc1ccc(OCCS(=O)(=O)Nc2ncccc2C)cc1. The lowest BCUT2D eigenvalue weighted by atomic mass is 10.3. The molecule has 0 aliphatic carbocycles. The van der Waals surface area contributed by atoms with Gasteiger partial charge in [0.2, 0.25) is 10.0 Å². The smallest absolute Gasteiger partial charge is 0.237 e. The van der Waals surface area contributed by atoms with E-state index in [0.717, 1.165) is 5.56 Å². The Hall–Kier alpha value is -2.28. The molecule has 0 aliphatic rings. The van der Waals surface area contributed by atoms with Gasteiger partial charge in [-0.25, -0.2) is 13.4 Å². The molecule has 1 N–H and O–H groups in total. The van der Waals surface area contributed by atoms with E-state index < -0.39 is 10.0 Å². The molecule has 1 aromatic heterocycles. The Labute approximate surface area is 130 Å². The van der Waals surface area contributed by atoms with Crippen molar-refractivity contribution < 1.29 is 17.9 Å². The minimum Gasteiger partial charge on any atom is -0.497 e. The lowest BCUT2D eigenvalue weighted by molar-refractivity contribution is 0.340. The lowest BCUT2D eigenvalue weighted by Crippen LogP contribution is -2.22. The summed E-state index contributed by atoms with van der Waals surface area (Å²) in [7, 11) is -1.93. The van der Waals surface area contributed by atoms with E-state index in [1.807, 2.05) is 0 Å². The number of aromatic nitrogens is 1. The monoisotopic (exact) mass is 322 g/mol. The Morgan fingerprint density at radius 3 is 2.45 bits per heavy atom. The number of benzene rings is 1. The zero-order valence-electron chi connectivity index (χ0n) is 12.4.